The molecule has 4 heterocycles. The van der Waals surface area contributed by atoms with Crippen molar-refractivity contribution in [3.8, 4) is 11.5 Å². The minimum Gasteiger partial charge on any atom is -0.335 e. The number of benzene rings is 1. The highest BCUT2D eigenvalue weighted by Crippen LogP contribution is 2.26. The Labute approximate surface area is 180 Å². The SMILES string of the molecule is O=C(c1csc2c(=O)[nH]c(-c3ccccn3)nc12)N1CCNC(c2cccc(F)c2)C1. The van der Waals surface area contributed by atoms with Crippen LogP contribution < -0.4 is 10.9 Å². The molecule has 0 spiro atoms. The summed E-state index contributed by atoms with van der Waals surface area (Å²) in [4.78, 5) is 39.2. The summed E-state index contributed by atoms with van der Waals surface area (Å²) < 4.78 is 14.0. The lowest BCUT2D eigenvalue weighted by molar-refractivity contribution is 0.0705. The van der Waals surface area contributed by atoms with Crippen LogP contribution in [0.15, 0.2) is 58.8 Å². The molecule has 2 N–H and O–H groups in total. The predicted octanol–water partition coefficient (Wildman–Crippen LogP) is 2.97. The Balaban J connectivity index is 1.48. The molecule has 1 aromatic carbocycles. The second kappa shape index (κ2) is 8.01. The minimum atomic E-state index is -0.308. The van der Waals surface area contributed by atoms with Crippen LogP contribution in [0.25, 0.3) is 21.7 Å². The molecule has 1 aliphatic rings. The van der Waals surface area contributed by atoms with Gasteiger partial charge < -0.3 is 15.2 Å². The van der Waals surface area contributed by atoms with E-state index < -0.39 is 0 Å². The fourth-order valence-electron chi connectivity index (χ4n) is 3.76. The molecule has 1 amide bonds. The number of nitrogens with one attached hydrogen (secondary N) is 2. The monoisotopic (exact) mass is 435 g/mol. The molecule has 3 aromatic heterocycles. The van der Waals surface area contributed by atoms with E-state index in [0.717, 1.165) is 5.56 Å². The van der Waals surface area contributed by atoms with Gasteiger partial charge in [-0.1, -0.05) is 18.2 Å². The first kappa shape index (κ1) is 19.5. The maximum atomic E-state index is 13.6. The van der Waals surface area contributed by atoms with Crippen molar-refractivity contribution >= 4 is 27.5 Å². The maximum absolute atomic E-state index is 13.6. The Morgan fingerprint density at radius 2 is 2.13 bits per heavy atom. The zero-order chi connectivity index (χ0) is 21.4. The molecule has 1 saturated heterocycles. The van der Waals surface area contributed by atoms with Gasteiger partial charge in [-0.3, -0.25) is 14.6 Å². The predicted molar refractivity (Wildman–Crippen MR) is 117 cm³/mol. The fourth-order valence-corrected chi connectivity index (χ4v) is 4.63. The second-order valence-corrected chi connectivity index (χ2v) is 8.15. The van der Waals surface area contributed by atoms with E-state index in [0.29, 0.717) is 46.9 Å². The van der Waals surface area contributed by atoms with Crippen LogP contribution in [0.2, 0.25) is 0 Å². The average molecular weight is 435 g/mol. The molecule has 9 heteroatoms. The van der Waals surface area contributed by atoms with E-state index in [-0.39, 0.29) is 23.3 Å². The first-order valence-corrected chi connectivity index (χ1v) is 10.7. The van der Waals surface area contributed by atoms with Crippen molar-refractivity contribution in [3.05, 3.63) is 81.3 Å². The number of fused-ring (bicyclic) bond motifs is 1. The summed E-state index contributed by atoms with van der Waals surface area (Å²) in [6, 6.07) is 11.5. The Bertz CT molecular complexity index is 1320. The van der Waals surface area contributed by atoms with Crippen molar-refractivity contribution in [2.75, 3.05) is 19.6 Å². The van der Waals surface area contributed by atoms with E-state index in [1.165, 1.54) is 23.5 Å². The molecule has 1 atom stereocenters. The van der Waals surface area contributed by atoms with Crippen LogP contribution >= 0.6 is 11.3 Å². The zero-order valence-corrected chi connectivity index (χ0v) is 17.2. The van der Waals surface area contributed by atoms with E-state index in [2.05, 4.69) is 20.3 Å². The van der Waals surface area contributed by atoms with Crippen LogP contribution in [0, 0.1) is 5.82 Å². The molecule has 1 fully saturated rings. The number of aromatic nitrogens is 3. The number of nitrogens with zero attached hydrogens (tertiary/aromatic N) is 3. The van der Waals surface area contributed by atoms with Gasteiger partial charge >= 0.3 is 0 Å². The topological polar surface area (TPSA) is 91.0 Å². The molecular formula is C22H18FN5O2S. The van der Waals surface area contributed by atoms with Gasteiger partial charge in [0.2, 0.25) is 0 Å². The molecule has 0 saturated carbocycles. The quantitative estimate of drug-likeness (QED) is 0.516. The summed E-state index contributed by atoms with van der Waals surface area (Å²) in [5.74, 6) is -0.181. The lowest BCUT2D eigenvalue weighted by Gasteiger charge is -2.34. The van der Waals surface area contributed by atoms with E-state index in [1.807, 2.05) is 6.07 Å². The Morgan fingerprint density at radius 1 is 1.23 bits per heavy atom. The summed E-state index contributed by atoms with van der Waals surface area (Å²) in [7, 11) is 0. The zero-order valence-electron chi connectivity index (χ0n) is 16.3. The number of carbonyl (C=O) groups excluding carboxylic acids is 1. The number of thiophene rings is 1. The van der Waals surface area contributed by atoms with Crippen molar-refractivity contribution in [2.24, 2.45) is 0 Å². The lowest BCUT2D eigenvalue weighted by Crippen LogP contribution is -2.48. The van der Waals surface area contributed by atoms with E-state index in [9.17, 15) is 14.0 Å². The van der Waals surface area contributed by atoms with Gasteiger partial charge in [-0.15, -0.1) is 11.3 Å². The van der Waals surface area contributed by atoms with Crippen molar-refractivity contribution < 1.29 is 9.18 Å². The van der Waals surface area contributed by atoms with Crippen molar-refractivity contribution in [1.82, 2.24) is 25.2 Å². The Kier molecular flexibility index (Phi) is 5.05. The third kappa shape index (κ3) is 3.73. The molecule has 156 valence electrons. The summed E-state index contributed by atoms with van der Waals surface area (Å²) in [5, 5.41) is 5.01. The van der Waals surface area contributed by atoms with Gasteiger partial charge in [0.1, 0.15) is 21.7 Å². The van der Waals surface area contributed by atoms with E-state index in [4.69, 9.17) is 0 Å². The van der Waals surface area contributed by atoms with E-state index >= 15 is 0 Å². The number of amides is 1. The first-order chi connectivity index (χ1) is 15.1. The number of halogens is 1. The van der Waals surface area contributed by atoms with Crippen LogP contribution in [0.1, 0.15) is 22.0 Å². The fraction of sp³-hybridized carbons (Fsp3) is 0.182. The molecule has 0 aliphatic carbocycles. The molecule has 7 nitrogen and oxygen atoms in total. The summed E-state index contributed by atoms with van der Waals surface area (Å²) >= 11 is 1.20. The van der Waals surface area contributed by atoms with Gasteiger partial charge in [-0.25, -0.2) is 9.37 Å². The maximum Gasteiger partial charge on any atom is 0.269 e. The van der Waals surface area contributed by atoms with Crippen LogP contribution in [0.5, 0.6) is 0 Å². The normalized spacial score (nSPS) is 16.5. The number of H-pyrrole nitrogens is 1. The molecule has 5 rings (SSSR count). The van der Waals surface area contributed by atoms with Gasteiger partial charge in [-0.2, -0.15) is 0 Å². The summed E-state index contributed by atoms with van der Waals surface area (Å²) in [5.41, 5.74) is 1.79. The first-order valence-electron chi connectivity index (χ1n) is 9.81. The van der Waals surface area contributed by atoms with Gasteiger partial charge in [0, 0.05) is 31.2 Å². The van der Waals surface area contributed by atoms with Gasteiger partial charge in [0.25, 0.3) is 11.5 Å². The van der Waals surface area contributed by atoms with Crippen molar-refractivity contribution in [2.45, 2.75) is 6.04 Å². The number of piperazine rings is 1. The summed E-state index contributed by atoms with van der Waals surface area (Å²) in [6.07, 6.45) is 1.62. The number of pyridine rings is 1. The minimum absolute atomic E-state index is 0.168. The molecule has 0 radical (unpaired) electrons. The molecule has 4 aromatic rings. The molecule has 1 unspecified atom stereocenters. The van der Waals surface area contributed by atoms with Crippen LogP contribution in [-0.4, -0.2) is 45.4 Å². The van der Waals surface area contributed by atoms with E-state index in [1.54, 1.807) is 40.7 Å². The van der Waals surface area contributed by atoms with Crippen molar-refractivity contribution in [3.63, 3.8) is 0 Å². The molecule has 0 bridgehead atoms. The highest BCUT2D eigenvalue weighted by Gasteiger charge is 2.28. The molecule has 31 heavy (non-hydrogen) atoms. The number of hydrogen-bond donors (Lipinski definition) is 2. The van der Waals surface area contributed by atoms with Crippen molar-refractivity contribution in [1.29, 1.82) is 0 Å². The van der Waals surface area contributed by atoms with Crippen LogP contribution in [-0.2, 0) is 0 Å². The van der Waals surface area contributed by atoms with Gasteiger partial charge in [-0.05, 0) is 29.8 Å². The average Bonchev–Trinajstić information content (AvgIpc) is 3.24. The number of hydrogen-bond acceptors (Lipinski definition) is 6. The number of rotatable bonds is 3. The Hall–Kier alpha value is -3.43. The largest absolute Gasteiger partial charge is 0.335 e. The summed E-state index contributed by atoms with van der Waals surface area (Å²) in [6.45, 7) is 1.50. The van der Waals surface area contributed by atoms with Crippen LogP contribution in [0.3, 0.4) is 0 Å². The molecule has 1 aliphatic heterocycles. The number of carbonyl (C=O) groups is 1. The highest BCUT2D eigenvalue weighted by atomic mass is 32.1. The lowest BCUT2D eigenvalue weighted by atomic mass is 10.0. The Morgan fingerprint density at radius 3 is 2.94 bits per heavy atom. The highest BCUT2D eigenvalue weighted by molar-refractivity contribution is 7.17. The third-order valence-electron chi connectivity index (χ3n) is 5.28. The third-order valence-corrected chi connectivity index (χ3v) is 6.25. The number of aromatic amines is 1. The van der Waals surface area contributed by atoms with Crippen LogP contribution in [0.4, 0.5) is 4.39 Å². The van der Waals surface area contributed by atoms with Gasteiger partial charge in [0.05, 0.1) is 11.6 Å². The molecular weight excluding hydrogens is 417 g/mol. The smallest absolute Gasteiger partial charge is 0.269 e. The second-order valence-electron chi connectivity index (χ2n) is 7.27. The van der Waals surface area contributed by atoms with Gasteiger partial charge in [0.15, 0.2) is 5.82 Å². The standard InChI is InChI=1S/C22H18FN5O2S/c23-14-5-3-4-13(10-14)17-11-28(9-8-25-17)22(30)15-12-31-19-18(15)26-20(27-21(19)29)16-6-1-2-7-24-16/h1-7,10,12,17,25H,8-9,11H2,(H,26,27,29).